The standard InChI is InChI=1S/C25H31N5.C7H7Cl.C2H6.C2H4.C2H2/c1-5-17-30(18-6-2)23-13-11-22(12-14-23)28-25-26-16-15-24(29-25)20-7-9-21(10-8-20)27-19(3)4;1-6-3-2-4-7(8)5-6;3*1-2/h7-16,27H,3,5-6,17-18H2,1-2,4H3,(H,26,28,29);2-5H,1H3;1-2H3;1-2H2;1-2H. The fourth-order valence-electron chi connectivity index (χ4n) is 3.95. The molecule has 2 N–H and O–H groups in total. The Morgan fingerprint density at radius 3 is 1.91 bits per heavy atom. The summed E-state index contributed by atoms with van der Waals surface area (Å²) in [7, 11) is 0. The van der Waals surface area contributed by atoms with Crippen molar-refractivity contribution in [1.29, 1.82) is 0 Å². The second kappa shape index (κ2) is 24.0. The van der Waals surface area contributed by atoms with Crippen LogP contribution in [0, 0.1) is 19.8 Å². The summed E-state index contributed by atoms with van der Waals surface area (Å²) in [4.78, 5) is 11.5. The van der Waals surface area contributed by atoms with Crippen LogP contribution < -0.4 is 15.5 Å². The molecule has 6 heteroatoms. The molecule has 0 fully saturated rings. The van der Waals surface area contributed by atoms with Crippen molar-refractivity contribution in [3.63, 3.8) is 0 Å². The van der Waals surface area contributed by atoms with Crippen molar-refractivity contribution >= 4 is 34.6 Å². The Balaban J connectivity index is 0.00000111. The number of hydrogen-bond acceptors (Lipinski definition) is 5. The van der Waals surface area contributed by atoms with Gasteiger partial charge in [0.25, 0.3) is 0 Å². The Kier molecular flexibility index (Phi) is 21.5. The maximum Gasteiger partial charge on any atom is 0.227 e. The van der Waals surface area contributed by atoms with Crippen molar-refractivity contribution in [1.82, 2.24) is 9.97 Å². The predicted octanol–water partition coefficient (Wildman–Crippen LogP) is 11.2. The van der Waals surface area contributed by atoms with Gasteiger partial charge in [0, 0.05) is 52.6 Å². The molecule has 44 heavy (non-hydrogen) atoms. The van der Waals surface area contributed by atoms with Crippen LogP contribution in [0.15, 0.2) is 110 Å². The zero-order chi connectivity index (χ0) is 33.3. The molecule has 0 radical (unpaired) electrons. The molecule has 0 saturated carbocycles. The van der Waals surface area contributed by atoms with E-state index in [-0.39, 0.29) is 0 Å². The molecule has 1 aromatic heterocycles. The Morgan fingerprint density at radius 2 is 1.43 bits per heavy atom. The fourth-order valence-corrected chi connectivity index (χ4v) is 4.20. The summed E-state index contributed by atoms with van der Waals surface area (Å²) in [6, 6.07) is 26.3. The van der Waals surface area contributed by atoms with Crippen LogP contribution in [-0.2, 0) is 0 Å². The lowest BCUT2D eigenvalue weighted by Gasteiger charge is -2.24. The first-order chi connectivity index (χ1) is 21.4. The topological polar surface area (TPSA) is 53.1 Å². The van der Waals surface area contributed by atoms with Crippen molar-refractivity contribution in [2.45, 2.75) is 54.4 Å². The van der Waals surface area contributed by atoms with Gasteiger partial charge >= 0.3 is 0 Å². The summed E-state index contributed by atoms with van der Waals surface area (Å²) >= 11 is 5.64. The molecular formula is C38H50ClN5. The third-order valence-electron chi connectivity index (χ3n) is 5.65. The highest BCUT2D eigenvalue weighted by Crippen LogP contribution is 2.23. The molecule has 0 aliphatic carbocycles. The van der Waals surface area contributed by atoms with Crippen LogP contribution in [0.2, 0.25) is 5.02 Å². The van der Waals surface area contributed by atoms with Crippen LogP contribution >= 0.6 is 11.6 Å². The van der Waals surface area contributed by atoms with E-state index in [2.05, 4.69) is 96.2 Å². The van der Waals surface area contributed by atoms with Gasteiger partial charge < -0.3 is 15.5 Å². The highest BCUT2D eigenvalue weighted by molar-refractivity contribution is 6.30. The third-order valence-corrected chi connectivity index (χ3v) is 5.88. The largest absolute Gasteiger partial charge is 0.372 e. The molecule has 4 aromatic rings. The summed E-state index contributed by atoms with van der Waals surface area (Å²) < 4.78 is 0. The fraction of sp³-hybridized carbons (Fsp3) is 0.263. The number of nitrogens with zero attached hydrogens (tertiary/aromatic N) is 3. The maximum atomic E-state index is 5.64. The maximum absolute atomic E-state index is 5.64. The van der Waals surface area contributed by atoms with Gasteiger partial charge in [0.1, 0.15) is 0 Å². The molecule has 3 aromatic carbocycles. The minimum absolute atomic E-state index is 0.586. The Hall–Kier alpha value is -4.53. The molecule has 0 spiro atoms. The quantitative estimate of drug-likeness (QED) is 0.138. The van der Waals surface area contributed by atoms with Gasteiger partial charge in [-0.1, -0.05) is 70.1 Å². The summed E-state index contributed by atoms with van der Waals surface area (Å²) in [5.74, 6) is 0.586. The zero-order valence-corrected chi connectivity index (χ0v) is 28.2. The molecular weight excluding hydrogens is 562 g/mol. The number of nitrogens with one attached hydrogen (secondary N) is 2. The Bertz CT molecular complexity index is 1320. The summed E-state index contributed by atoms with van der Waals surface area (Å²) in [6.45, 7) is 24.4. The molecule has 5 nitrogen and oxygen atoms in total. The third kappa shape index (κ3) is 15.1. The van der Waals surface area contributed by atoms with Gasteiger partial charge in [0.2, 0.25) is 5.95 Å². The smallest absolute Gasteiger partial charge is 0.227 e. The van der Waals surface area contributed by atoms with Gasteiger partial charge in [0.15, 0.2) is 0 Å². The molecule has 0 aliphatic rings. The lowest BCUT2D eigenvalue weighted by atomic mass is 10.1. The van der Waals surface area contributed by atoms with Gasteiger partial charge in [-0.15, -0.1) is 26.0 Å². The molecule has 0 bridgehead atoms. The second-order valence-corrected chi connectivity index (χ2v) is 9.64. The van der Waals surface area contributed by atoms with E-state index in [0.29, 0.717) is 5.95 Å². The van der Waals surface area contributed by atoms with Crippen molar-refractivity contribution in [2.24, 2.45) is 0 Å². The number of allylic oxidation sites excluding steroid dienone is 1. The molecule has 0 saturated heterocycles. The summed E-state index contributed by atoms with van der Waals surface area (Å²) in [5.41, 5.74) is 7.28. The molecule has 4 rings (SSSR count). The van der Waals surface area contributed by atoms with E-state index in [0.717, 1.165) is 59.3 Å². The first kappa shape index (κ1) is 39.5. The second-order valence-electron chi connectivity index (χ2n) is 9.21. The molecule has 234 valence electrons. The van der Waals surface area contributed by atoms with E-state index in [1.807, 2.05) is 82.3 Å². The molecule has 1 heterocycles. The van der Waals surface area contributed by atoms with Crippen molar-refractivity contribution in [3.8, 4) is 24.1 Å². The van der Waals surface area contributed by atoms with Crippen LogP contribution in [-0.4, -0.2) is 23.1 Å². The lowest BCUT2D eigenvalue weighted by Crippen LogP contribution is -2.24. The van der Waals surface area contributed by atoms with E-state index in [1.54, 1.807) is 6.20 Å². The number of aryl methyl sites for hydroxylation is 1. The first-order valence-electron chi connectivity index (χ1n) is 14.9. The normalized spacial score (nSPS) is 9.11. The lowest BCUT2D eigenvalue weighted by molar-refractivity contribution is 0.745. The minimum Gasteiger partial charge on any atom is -0.372 e. The number of terminal acetylenes is 1. The highest BCUT2D eigenvalue weighted by atomic mass is 35.5. The minimum atomic E-state index is 0.586. The van der Waals surface area contributed by atoms with Crippen LogP contribution in [0.25, 0.3) is 11.3 Å². The average Bonchev–Trinajstić information content (AvgIpc) is 3.05. The van der Waals surface area contributed by atoms with Gasteiger partial charge in [-0.25, -0.2) is 9.97 Å². The van der Waals surface area contributed by atoms with E-state index in [9.17, 15) is 0 Å². The molecule has 0 atom stereocenters. The number of halogens is 1. The van der Waals surface area contributed by atoms with E-state index in [4.69, 9.17) is 11.6 Å². The van der Waals surface area contributed by atoms with Gasteiger partial charge in [-0.05, 0) is 86.8 Å². The Morgan fingerprint density at radius 1 is 0.864 bits per heavy atom. The van der Waals surface area contributed by atoms with E-state index < -0.39 is 0 Å². The molecule has 0 aliphatic heterocycles. The molecule has 0 amide bonds. The number of hydrogen-bond donors (Lipinski definition) is 2. The van der Waals surface area contributed by atoms with Crippen molar-refractivity contribution < 1.29 is 0 Å². The van der Waals surface area contributed by atoms with E-state index >= 15 is 0 Å². The monoisotopic (exact) mass is 611 g/mol. The van der Waals surface area contributed by atoms with Gasteiger partial charge in [-0.2, -0.15) is 0 Å². The first-order valence-corrected chi connectivity index (χ1v) is 15.3. The molecule has 0 unspecified atom stereocenters. The Labute approximate surface area is 272 Å². The number of benzene rings is 3. The van der Waals surface area contributed by atoms with Crippen LogP contribution in [0.3, 0.4) is 0 Å². The SMILES string of the molecule is C#C.C=C.C=C(C)Nc1ccc(-c2ccnc(Nc3ccc(N(CCC)CCC)cc3)n2)cc1.CC.Cc1cccc(Cl)c1. The van der Waals surface area contributed by atoms with E-state index in [1.165, 1.54) is 11.3 Å². The number of rotatable bonds is 10. The summed E-state index contributed by atoms with van der Waals surface area (Å²) in [5, 5.41) is 7.34. The summed E-state index contributed by atoms with van der Waals surface area (Å²) in [6.07, 6.45) is 12.1. The van der Waals surface area contributed by atoms with Crippen molar-refractivity contribution in [2.75, 3.05) is 28.6 Å². The van der Waals surface area contributed by atoms with Crippen LogP contribution in [0.1, 0.15) is 53.0 Å². The zero-order valence-electron chi connectivity index (χ0n) is 27.4. The van der Waals surface area contributed by atoms with Crippen LogP contribution in [0.4, 0.5) is 23.0 Å². The van der Waals surface area contributed by atoms with Gasteiger partial charge in [-0.3, -0.25) is 0 Å². The van der Waals surface area contributed by atoms with Crippen LogP contribution in [0.5, 0.6) is 0 Å². The highest BCUT2D eigenvalue weighted by Gasteiger charge is 2.06. The average molecular weight is 612 g/mol. The number of anilines is 4. The van der Waals surface area contributed by atoms with Gasteiger partial charge in [0.05, 0.1) is 5.69 Å². The number of aromatic nitrogens is 2. The predicted molar refractivity (Wildman–Crippen MR) is 197 cm³/mol. The van der Waals surface area contributed by atoms with Crippen molar-refractivity contribution in [3.05, 3.63) is 121 Å².